The second-order valence-corrected chi connectivity index (χ2v) is 7.04. The van der Waals surface area contributed by atoms with Crippen LogP contribution in [0.25, 0.3) is 5.57 Å². The highest BCUT2D eigenvalue weighted by atomic mass is 32.2. The van der Waals surface area contributed by atoms with Gasteiger partial charge in [-0.3, -0.25) is 9.59 Å². The van der Waals surface area contributed by atoms with Crippen LogP contribution < -0.4 is 9.64 Å². The number of benzene rings is 2. The Kier molecular flexibility index (Phi) is 6.32. The molecular formula is C21H21NO4S. The number of thioether (sulfide) groups is 1. The van der Waals surface area contributed by atoms with Crippen LogP contribution >= 0.6 is 11.8 Å². The van der Waals surface area contributed by atoms with E-state index in [9.17, 15) is 9.59 Å². The fraction of sp³-hybridized carbons (Fsp3) is 0.238. The summed E-state index contributed by atoms with van der Waals surface area (Å²) in [6.07, 6.45) is 0.911. The molecule has 0 fully saturated rings. The average molecular weight is 383 g/mol. The van der Waals surface area contributed by atoms with E-state index in [-0.39, 0.29) is 18.4 Å². The highest BCUT2D eigenvalue weighted by molar-refractivity contribution is 8.04. The van der Waals surface area contributed by atoms with E-state index in [2.05, 4.69) is 0 Å². The normalized spacial score (nSPS) is 14.2. The Labute approximate surface area is 162 Å². The minimum absolute atomic E-state index is 0.0714. The van der Waals surface area contributed by atoms with Crippen LogP contribution in [0.15, 0.2) is 59.5 Å². The lowest BCUT2D eigenvalue weighted by Gasteiger charge is -2.15. The number of para-hydroxylation sites is 1. The fourth-order valence-electron chi connectivity index (χ4n) is 2.80. The maximum Gasteiger partial charge on any atom is 0.272 e. The fourth-order valence-corrected chi connectivity index (χ4v) is 3.65. The molecular weight excluding hydrogens is 362 g/mol. The summed E-state index contributed by atoms with van der Waals surface area (Å²) >= 11 is 1.20. The zero-order chi connectivity index (χ0) is 19.2. The summed E-state index contributed by atoms with van der Waals surface area (Å²) in [7, 11) is 0. The molecule has 0 bridgehead atoms. The van der Waals surface area contributed by atoms with Crippen LogP contribution in [0, 0.1) is 0 Å². The molecule has 2 amide bonds. The third-order valence-corrected chi connectivity index (χ3v) is 5.06. The Balaban J connectivity index is 1.97. The number of carbonyl (C=O) groups is 2. The van der Waals surface area contributed by atoms with Crippen LogP contribution in [0.5, 0.6) is 5.75 Å². The van der Waals surface area contributed by atoms with Gasteiger partial charge >= 0.3 is 0 Å². The number of hydrogen-bond donors (Lipinski definition) is 1. The van der Waals surface area contributed by atoms with E-state index in [0.29, 0.717) is 34.1 Å². The number of aliphatic hydroxyl groups excluding tert-OH is 1. The highest BCUT2D eigenvalue weighted by Crippen LogP contribution is 2.38. The molecule has 5 nitrogen and oxygen atoms in total. The van der Waals surface area contributed by atoms with E-state index in [4.69, 9.17) is 9.84 Å². The van der Waals surface area contributed by atoms with Gasteiger partial charge in [-0.15, -0.1) is 11.8 Å². The molecule has 1 heterocycles. The van der Waals surface area contributed by atoms with Crippen molar-refractivity contribution < 1.29 is 19.4 Å². The van der Waals surface area contributed by atoms with E-state index < -0.39 is 0 Å². The van der Waals surface area contributed by atoms with Gasteiger partial charge in [-0.05, 0) is 36.2 Å². The maximum absolute atomic E-state index is 13.1. The minimum Gasteiger partial charge on any atom is -0.494 e. The van der Waals surface area contributed by atoms with Crippen molar-refractivity contribution in [3.8, 4) is 5.75 Å². The number of carbonyl (C=O) groups excluding carboxylic acids is 2. The first-order valence-electron chi connectivity index (χ1n) is 8.82. The molecule has 2 aromatic carbocycles. The summed E-state index contributed by atoms with van der Waals surface area (Å²) in [6.45, 7) is 2.59. The molecule has 27 heavy (non-hydrogen) atoms. The first kappa shape index (κ1) is 19.2. The Morgan fingerprint density at radius 3 is 2.33 bits per heavy atom. The first-order chi connectivity index (χ1) is 13.2. The van der Waals surface area contributed by atoms with Gasteiger partial charge in [-0.25, -0.2) is 4.90 Å². The van der Waals surface area contributed by atoms with E-state index in [1.807, 2.05) is 13.0 Å². The summed E-state index contributed by atoms with van der Waals surface area (Å²) in [5, 5.41) is 9.17. The molecule has 0 saturated carbocycles. The quantitative estimate of drug-likeness (QED) is 0.707. The second-order valence-electron chi connectivity index (χ2n) is 5.93. The van der Waals surface area contributed by atoms with Crippen molar-refractivity contribution in [2.24, 2.45) is 0 Å². The van der Waals surface area contributed by atoms with Crippen LogP contribution in [0.2, 0.25) is 0 Å². The summed E-state index contributed by atoms with van der Waals surface area (Å²) in [6, 6.07) is 16.1. The zero-order valence-electron chi connectivity index (χ0n) is 15.1. The third-order valence-electron chi connectivity index (χ3n) is 4.01. The summed E-state index contributed by atoms with van der Waals surface area (Å²) in [5.41, 5.74) is 1.56. The smallest absolute Gasteiger partial charge is 0.272 e. The van der Waals surface area contributed by atoms with Crippen molar-refractivity contribution in [3.05, 3.63) is 65.1 Å². The van der Waals surface area contributed by atoms with Gasteiger partial charge in [0.05, 0.1) is 29.4 Å². The van der Waals surface area contributed by atoms with Gasteiger partial charge in [0.1, 0.15) is 5.75 Å². The molecule has 0 aromatic heterocycles. The van der Waals surface area contributed by atoms with E-state index in [1.165, 1.54) is 16.7 Å². The SMILES string of the molecule is CCCOc1ccc(C2=C(SCCO)C(=O)N(c3ccccc3)C2=O)cc1. The molecule has 0 atom stereocenters. The molecule has 0 aliphatic carbocycles. The molecule has 1 aliphatic rings. The molecule has 0 spiro atoms. The number of amides is 2. The summed E-state index contributed by atoms with van der Waals surface area (Å²) in [5.74, 6) is 0.361. The molecule has 2 aromatic rings. The summed E-state index contributed by atoms with van der Waals surface area (Å²) < 4.78 is 5.59. The number of imide groups is 1. The van der Waals surface area contributed by atoms with Crippen LogP contribution in [-0.4, -0.2) is 35.9 Å². The Hall–Kier alpha value is -2.57. The van der Waals surface area contributed by atoms with Crippen molar-refractivity contribution >= 4 is 34.8 Å². The van der Waals surface area contributed by atoms with Crippen molar-refractivity contribution in [3.63, 3.8) is 0 Å². The number of ether oxygens (including phenoxy) is 1. The van der Waals surface area contributed by atoms with Crippen LogP contribution in [-0.2, 0) is 9.59 Å². The van der Waals surface area contributed by atoms with Crippen LogP contribution in [0.3, 0.4) is 0 Å². The van der Waals surface area contributed by atoms with Crippen molar-refractivity contribution in [1.82, 2.24) is 0 Å². The molecule has 0 unspecified atom stereocenters. The van der Waals surface area contributed by atoms with Gasteiger partial charge in [0.15, 0.2) is 0 Å². The largest absolute Gasteiger partial charge is 0.494 e. The number of aliphatic hydroxyl groups is 1. The van der Waals surface area contributed by atoms with E-state index >= 15 is 0 Å². The lowest BCUT2D eigenvalue weighted by molar-refractivity contribution is -0.119. The zero-order valence-corrected chi connectivity index (χ0v) is 15.9. The second kappa shape index (κ2) is 8.88. The number of anilines is 1. The van der Waals surface area contributed by atoms with Gasteiger partial charge < -0.3 is 9.84 Å². The van der Waals surface area contributed by atoms with Crippen LogP contribution in [0.1, 0.15) is 18.9 Å². The molecule has 0 radical (unpaired) electrons. The van der Waals surface area contributed by atoms with E-state index in [1.54, 1.807) is 48.5 Å². The van der Waals surface area contributed by atoms with Gasteiger partial charge in [-0.1, -0.05) is 37.3 Å². The monoisotopic (exact) mass is 383 g/mol. The van der Waals surface area contributed by atoms with Gasteiger partial charge in [0, 0.05) is 5.75 Å². The first-order valence-corrected chi connectivity index (χ1v) is 9.81. The Morgan fingerprint density at radius 1 is 1.00 bits per heavy atom. The molecule has 1 aliphatic heterocycles. The van der Waals surface area contributed by atoms with Crippen molar-refractivity contribution in [2.45, 2.75) is 13.3 Å². The molecule has 1 N–H and O–H groups in total. The predicted molar refractivity (Wildman–Crippen MR) is 108 cm³/mol. The van der Waals surface area contributed by atoms with Crippen LogP contribution in [0.4, 0.5) is 5.69 Å². The molecule has 140 valence electrons. The van der Waals surface area contributed by atoms with E-state index in [0.717, 1.165) is 12.2 Å². The minimum atomic E-state index is -0.356. The third kappa shape index (κ3) is 4.07. The number of rotatable bonds is 8. The van der Waals surface area contributed by atoms with Crippen molar-refractivity contribution in [1.29, 1.82) is 0 Å². The maximum atomic E-state index is 13.1. The predicted octanol–water partition coefficient (Wildman–Crippen LogP) is 3.49. The topological polar surface area (TPSA) is 66.8 Å². The lowest BCUT2D eigenvalue weighted by atomic mass is 10.1. The lowest BCUT2D eigenvalue weighted by Crippen LogP contribution is -2.31. The Morgan fingerprint density at radius 2 is 1.70 bits per heavy atom. The summed E-state index contributed by atoms with van der Waals surface area (Å²) in [4.78, 5) is 27.6. The number of hydrogen-bond acceptors (Lipinski definition) is 5. The average Bonchev–Trinajstić information content (AvgIpc) is 2.95. The van der Waals surface area contributed by atoms with Gasteiger partial charge in [-0.2, -0.15) is 0 Å². The molecule has 0 saturated heterocycles. The van der Waals surface area contributed by atoms with Gasteiger partial charge in [0.25, 0.3) is 11.8 Å². The van der Waals surface area contributed by atoms with Gasteiger partial charge in [0.2, 0.25) is 0 Å². The Bertz CT molecular complexity index is 846. The molecule has 6 heteroatoms. The number of nitrogens with zero attached hydrogens (tertiary/aromatic N) is 1. The molecule has 3 rings (SSSR count). The van der Waals surface area contributed by atoms with Crippen molar-refractivity contribution in [2.75, 3.05) is 23.9 Å². The highest BCUT2D eigenvalue weighted by Gasteiger charge is 2.39. The standard InChI is InChI=1S/C21H21NO4S/c1-2-13-26-17-10-8-15(9-11-17)18-19(27-14-12-23)21(25)22(20(18)24)16-6-4-3-5-7-16/h3-11,23H,2,12-14H2,1H3.